The summed E-state index contributed by atoms with van der Waals surface area (Å²) in [7, 11) is -4.97. The maximum Gasteiger partial charge on any atom is 0.462 e. The first-order chi connectivity index (χ1) is 14.1. The Labute approximate surface area is 171 Å². The van der Waals surface area contributed by atoms with Crippen LogP contribution in [0.4, 0.5) is 48.3 Å². The molecule has 0 radical (unpaired) electrons. The van der Waals surface area contributed by atoms with Crippen LogP contribution in [0.1, 0.15) is 19.3 Å². The van der Waals surface area contributed by atoms with Crippen molar-refractivity contribution in [1.29, 1.82) is 0 Å². The van der Waals surface area contributed by atoms with Crippen molar-refractivity contribution in [2.45, 2.75) is 54.6 Å². The Bertz CT molecular complexity index is 634. The quantitative estimate of drug-likeness (QED) is 0.116. The van der Waals surface area contributed by atoms with Crippen molar-refractivity contribution >= 4 is 23.0 Å². The first kappa shape index (κ1) is 31.4. The van der Waals surface area contributed by atoms with Gasteiger partial charge in [-0.1, -0.05) is 5.04 Å². The van der Waals surface area contributed by atoms with Gasteiger partial charge in [0.25, 0.3) is 0 Å². The van der Waals surface area contributed by atoms with E-state index in [2.05, 4.69) is 19.1 Å². The van der Waals surface area contributed by atoms with Gasteiger partial charge >= 0.3 is 30.2 Å². The molecule has 0 heterocycles. The molecule has 0 saturated carbocycles. The monoisotopic (exact) mass is 546 g/mol. The van der Waals surface area contributed by atoms with Crippen molar-refractivity contribution in [3.05, 3.63) is 0 Å². The predicted molar refractivity (Wildman–Crippen MR) is 76.7 cm³/mol. The van der Waals surface area contributed by atoms with Crippen molar-refractivity contribution in [2.24, 2.45) is 0 Å². The molecule has 4 atom stereocenters. The Hall–Kier alpha value is -0.560. The third kappa shape index (κ3) is 6.97. The summed E-state index contributed by atoms with van der Waals surface area (Å²) in [6.45, 7) is 0. The standard InChI is InChI=1S/C10H11F11O9P2/c11-6(8(14,15)16,27-10(20,21)7(12,13)9(17,18)19)4(22)2-1-3-5(23,31-30-28-24)32(26)29-25/h23-26,31H,1-3H2. The summed E-state index contributed by atoms with van der Waals surface area (Å²) in [5.74, 6) is -16.8. The molecule has 0 aliphatic rings. The summed E-state index contributed by atoms with van der Waals surface area (Å²) in [5.41, 5.74) is 0. The fraction of sp³-hybridized carbons (Fsp3) is 0.900. The van der Waals surface area contributed by atoms with Gasteiger partial charge in [-0.3, -0.25) is 9.53 Å². The van der Waals surface area contributed by atoms with Gasteiger partial charge in [0.05, 0.1) is 0 Å². The molecule has 0 amide bonds. The smallest absolute Gasteiger partial charge is 0.374 e. The van der Waals surface area contributed by atoms with E-state index < -0.39 is 77.6 Å². The van der Waals surface area contributed by atoms with E-state index in [-0.39, 0.29) is 0 Å². The molecular formula is C10H11F11O9P2. The van der Waals surface area contributed by atoms with Crippen LogP contribution in [-0.2, 0) is 23.9 Å². The van der Waals surface area contributed by atoms with Gasteiger partial charge in [-0.25, -0.2) is 10.5 Å². The molecule has 0 spiro atoms. The normalized spacial score (nSPS) is 19.1. The van der Waals surface area contributed by atoms with Gasteiger partial charge in [0.1, 0.15) is 8.81 Å². The number of rotatable bonds is 13. The van der Waals surface area contributed by atoms with E-state index in [1.54, 1.807) is 0 Å². The van der Waals surface area contributed by atoms with E-state index >= 15 is 0 Å². The minimum Gasteiger partial charge on any atom is -0.374 e. The third-order valence-corrected chi connectivity index (χ3v) is 5.87. The lowest BCUT2D eigenvalue weighted by Crippen LogP contribution is -2.61. The van der Waals surface area contributed by atoms with Gasteiger partial charge in [-0.15, -0.1) is 0 Å². The number of ketones is 1. The first-order valence-corrected chi connectivity index (χ1v) is 9.33. The van der Waals surface area contributed by atoms with E-state index in [1.807, 2.05) is 0 Å². The predicted octanol–water partition coefficient (Wildman–Crippen LogP) is 4.22. The molecule has 0 aliphatic heterocycles. The van der Waals surface area contributed by atoms with E-state index in [0.717, 1.165) is 0 Å². The number of hydrogen-bond acceptors (Lipinski definition) is 9. The van der Waals surface area contributed by atoms with Crippen molar-refractivity contribution in [2.75, 3.05) is 0 Å². The summed E-state index contributed by atoms with van der Waals surface area (Å²) >= 11 is 0. The number of aliphatic hydroxyl groups is 1. The van der Waals surface area contributed by atoms with Crippen LogP contribution in [0.3, 0.4) is 0 Å². The Kier molecular flexibility index (Phi) is 10.6. The van der Waals surface area contributed by atoms with E-state index in [1.165, 1.54) is 0 Å². The van der Waals surface area contributed by atoms with Gasteiger partial charge in [-0.05, 0) is 12.8 Å². The Balaban J connectivity index is 5.69. The highest BCUT2D eigenvalue weighted by molar-refractivity contribution is 7.61. The summed E-state index contributed by atoms with van der Waals surface area (Å²) < 4.78 is 149. The Morgan fingerprint density at radius 3 is 1.78 bits per heavy atom. The van der Waals surface area contributed by atoms with Crippen LogP contribution in [-0.4, -0.2) is 61.6 Å². The van der Waals surface area contributed by atoms with Crippen LogP contribution < -0.4 is 0 Å². The number of hydrogen-bond donors (Lipinski definition) is 4. The lowest BCUT2D eigenvalue weighted by atomic mass is 10.1. The molecule has 0 aromatic carbocycles. The molecule has 9 nitrogen and oxygen atoms in total. The molecule has 22 heteroatoms. The highest BCUT2D eigenvalue weighted by atomic mass is 31.2. The minimum atomic E-state index is -7.35. The van der Waals surface area contributed by atoms with E-state index in [0.29, 0.717) is 0 Å². The summed E-state index contributed by atoms with van der Waals surface area (Å²) in [6, 6.07) is 0. The zero-order chi connectivity index (χ0) is 25.8. The molecule has 0 aromatic rings. The molecule has 0 fully saturated rings. The van der Waals surface area contributed by atoms with Gasteiger partial charge in [0.2, 0.25) is 14.2 Å². The fourth-order valence-electron chi connectivity index (χ4n) is 1.67. The van der Waals surface area contributed by atoms with Crippen LogP contribution in [0.2, 0.25) is 0 Å². The number of halogens is 11. The molecule has 32 heavy (non-hydrogen) atoms. The van der Waals surface area contributed by atoms with Gasteiger partial charge in [0, 0.05) is 6.42 Å². The average Bonchev–Trinajstić information content (AvgIpc) is 2.63. The second kappa shape index (κ2) is 10.8. The molecule has 0 aromatic heterocycles. The highest BCUT2D eigenvalue weighted by Gasteiger charge is 2.79. The number of carbonyl (C=O) groups excluding carboxylic acids is 1. The topological polar surface area (TPSA) is 135 Å². The van der Waals surface area contributed by atoms with Crippen molar-refractivity contribution in [3.63, 3.8) is 0 Å². The number of carbonyl (C=O) groups is 1. The zero-order valence-electron chi connectivity index (χ0n) is 14.6. The fourth-order valence-corrected chi connectivity index (χ4v) is 3.15. The summed E-state index contributed by atoms with van der Waals surface area (Å²) in [6.07, 6.45) is -25.6. The Morgan fingerprint density at radius 1 is 0.906 bits per heavy atom. The number of ether oxygens (including phenoxy) is 1. The average molecular weight is 546 g/mol. The summed E-state index contributed by atoms with van der Waals surface area (Å²) in [4.78, 5) is 20.8. The molecule has 4 unspecified atom stereocenters. The molecule has 0 saturated heterocycles. The van der Waals surface area contributed by atoms with Crippen LogP contribution in [0.15, 0.2) is 0 Å². The van der Waals surface area contributed by atoms with Crippen molar-refractivity contribution in [1.82, 2.24) is 0 Å². The second-order valence-electron chi connectivity index (χ2n) is 5.49. The molecule has 4 N–H and O–H groups in total. The van der Waals surface area contributed by atoms with Crippen LogP contribution >= 0.6 is 17.2 Å². The van der Waals surface area contributed by atoms with Crippen molar-refractivity contribution in [3.8, 4) is 0 Å². The van der Waals surface area contributed by atoms with Crippen LogP contribution in [0.25, 0.3) is 0 Å². The molecule has 0 bridgehead atoms. The van der Waals surface area contributed by atoms with Crippen LogP contribution in [0.5, 0.6) is 0 Å². The lowest BCUT2D eigenvalue weighted by molar-refractivity contribution is -0.472. The van der Waals surface area contributed by atoms with E-state index in [4.69, 9.17) is 10.5 Å². The molecule has 0 aliphatic carbocycles. The second-order valence-corrected chi connectivity index (χ2v) is 8.56. The highest BCUT2D eigenvalue weighted by Crippen LogP contribution is 2.58. The molecular weight excluding hydrogens is 535 g/mol. The van der Waals surface area contributed by atoms with Crippen molar-refractivity contribution < 1.29 is 92.7 Å². The summed E-state index contributed by atoms with van der Waals surface area (Å²) in [5, 5.41) is 26.3. The lowest BCUT2D eigenvalue weighted by Gasteiger charge is -2.34. The first-order valence-electron chi connectivity index (χ1n) is 7.21. The third-order valence-electron chi connectivity index (χ3n) is 3.28. The largest absolute Gasteiger partial charge is 0.462 e. The van der Waals surface area contributed by atoms with E-state index in [9.17, 15) is 63.1 Å². The maximum atomic E-state index is 14.0. The van der Waals surface area contributed by atoms with Gasteiger partial charge in [0.15, 0.2) is 5.08 Å². The molecule has 0 rings (SSSR count). The maximum absolute atomic E-state index is 14.0. The SMILES string of the molecule is O=C(CCCC(O)(POOO)P(O)OO)C(F)(OC(F)(F)C(F)(F)C(F)(F)F)C(F)(F)F. The van der Waals surface area contributed by atoms with Gasteiger partial charge in [-0.2, -0.15) is 57.6 Å². The minimum absolute atomic E-state index is 1.19. The number of Topliss-reactive ketones (excluding diaryl/α,β-unsaturated/α-hetero) is 1. The van der Waals surface area contributed by atoms with Crippen LogP contribution in [0, 0.1) is 0 Å². The van der Waals surface area contributed by atoms with Gasteiger partial charge < -0.3 is 10.00 Å². The molecule has 192 valence electrons. The Morgan fingerprint density at radius 2 is 1.41 bits per heavy atom. The number of alkyl halides is 11. The zero-order valence-corrected chi connectivity index (χ0v) is 16.5.